The van der Waals surface area contributed by atoms with E-state index in [1.165, 1.54) is 96.3 Å². The van der Waals surface area contributed by atoms with Crippen LogP contribution >= 0.6 is 0 Å². The molecule has 0 bridgehead atoms. The fourth-order valence-electron chi connectivity index (χ4n) is 6.01. The average molecular weight is 763 g/mol. The third-order valence-corrected chi connectivity index (χ3v) is 9.39. The number of unbranched alkanes of at least 4 members (excludes halogenated alkanes) is 17. The zero-order chi connectivity index (χ0) is 39.8. The van der Waals surface area contributed by atoms with Gasteiger partial charge in [0.1, 0.15) is 6.10 Å². The van der Waals surface area contributed by atoms with E-state index < -0.39 is 6.10 Å². The van der Waals surface area contributed by atoms with Gasteiger partial charge in [0.15, 0.2) is 0 Å². The minimum absolute atomic E-state index is 0.191. The van der Waals surface area contributed by atoms with Gasteiger partial charge in [-0.15, -0.1) is 0 Å². The first kappa shape index (κ1) is 52.3. The predicted molar refractivity (Wildman–Crippen MR) is 242 cm³/mol. The summed E-state index contributed by atoms with van der Waals surface area (Å²) in [5.74, 6) is -0.221. The summed E-state index contributed by atoms with van der Waals surface area (Å²) < 4.78 is 11.2. The van der Waals surface area contributed by atoms with Crippen LogP contribution in [-0.4, -0.2) is 37.0 Å². The van der Waals surface area contributed by atoms with Crippen molar-refractivity contribution in [2.24, 2.45) is 0 Å². The van der Waals surface area contributed by atoms with Gasteiger partial charge in [-0.05, 0) is 96.3 Å². The molecule has 0 aromatic rings. The molecule has 0 heterocycles. The van der Waals surface area contributed by atoms with Gasteiger partial charge >= 0.3 is 5.97 Å². The molecule has 0 aliphatic heterocycles. The quantitative estimate of drug-likeness (QED) is 0.0383. The highest BCUT2D eigenvalue weighted by molar-refractivity contribution is 5.69. The first-order chi connectivity index (χ1) is 27.2. The number of carbonyl (C=O) groups is 1. The minimum Gasteiger partial charge on any atom is -0.457 e. The fourth-order valence-corrected chi connectivity index (χ4v) is 6.01. The van der Waals surface area contributed by atoms with Crippen LogP contribution in [0.5, 0.6) is 0 Å². The zero-order valence-electron chi connectivity index (χ0n) is 35.9. The first-order valence-electron chi connectivity index (χ1n) is 22.8. The van der Waals surface area contributed by atoms with Crippen molar-refractivity contribution in [1.29, 1.82) is 0 Å². The molecule has 1 unspecified atom stereocenters. The van der Waals surface area contributed by atoms with Gasteiger partial charge in [0, 0.05) is 13.0 Å². The van der Waals surface area contributed by atoms with Crippen LogP contribution in [0, 0.1) is 0 Å². The van der Waals surface area contributed by atoms with Crippen molar-refractivity contribution in [1.82, 2.24) is 0 Å². The second kappa shape index (κ2) is 47.5. The number of aliphatic hydroxyl groups is 1. The number of hydrogen-bond acceptors (Lipinski definition) is 4. The van der Waals surface area contributed by atoms with E-state index in [0.717, 1.165) is 77.0 Å². The van der Waals surface area contributed by atoms with Gasteiger partial charge in [-0.2, -0.15) is 0 Å². The van der Waals surface area contributed by atoms with Crippen molar-refractivity contribution in [2.75, 3.05) is 19.8 Å². The predicted octanol–water partition coefficient (Wildman–Crippen LogP) is 15.3. The van der Waals surface area contributed by atoms with E-state index >= 15 is 0 Å². The van der Waals surface area contributed by atoms with Gasteiger partial charge in [-0.25, -0.2) is 0 Å². The highest BCUT2D eigenvalue weighted by Crippen LogP contribution is 2.12. The second-order valence-electron chi connectivity index (χ2n) is 14.7. The Hall–Kier alpha value is -2.69. The van der Waals surface area contributed by atoms with E-state index in [1.54, 1.807) is 0 Å². The average Bonchev–Trinajstić information content (AvgIpc) is 3.19. The Labute approximate surface area is 341 Å². The van der Waals surface area contributed by atoms with Crippen LogP contribution in [0.25, 0.3) is 0 Å². The molecule has 0 aliphatic carbocycles. The molecule has 4 nitrogen and oxygen atoms in total. The van der Waals surface area contributed by atoms with Crippen molar-refractivity contribution in [2.45, 2.75) is 200 Å². The van der Waals surface area contributed by atoms with E-state index in [2.05, 4.69) is 111 Å². The molecule has 314 valence electrons. The molecule has 0 aromatic heterocycles. The molecule has 0 aromatic carbocycles. The summed E-state index contributed by atoms with van der Waals surface area (Å²) in [7, 11) is 0. The molecule has 0 aliphatic rings. The van der Waals surface area contributed by atoms with Crippen LogP contribution in [0.15, 0.2) is 97.2 Å². The lowest BCUT2D eigenvalue weighted by atomic mass is 10.1. The van der Waals surface area contributed by atoms with E-state index in [0.29, 0.717) is 13.0 Å². The minimum atomic E-state index is -0.559. The molecule has 0 rings (SSSR count). The van der Waals surface area contributed by atoms with Gasteiger partial charge in [0.05, 0.1) is 13.2 Å². The fraction of sp³-hybridized carbons (Fsp3) is 0.667. The summed E-state index contributed by atoms with van der Waals surface area (Å²) in [6, 6.07) is 0. The Morgan fingerprint density at radius 1 is 0.455 bits per heavy atom. The van der Waals surface area contributed by atoms with Crippen LogP contribution in [-0.2, 0) is 14.3 Å². The number of esters is 1. The number of hydrogen-bond donors (Lipinski definition) is 1. The molecule has 0 saturated heterocycles. The standard InChI is InChI=1S/C51H86O4/c1-3-5-7-9-11-13-15-17-19-21-23-25-26-27-28-30-32-34-36-38-40-42-44-46-51(53)55-50(48-52)49-54-47-45-43-41-39-37-35-33-31-29-24-22-20-18-16-14-12-10-8-6-4-2/h6,8,12,14-15,17-18,20-21,23-24,26-27,29,33,35,50,52H,3-5,7,9-11,13,16,19,22,25,28,30-32,34,36-49H2,1-2H3/b8-6-,14-12-,17-15-,20-18-,23-21-,27-26-,29-24-,35-33-. The Morgan fingerprint density at radius 3 is 1.24 bits per heavy atom. The van der Waals surface area contributed by atoms with Crippen LogP contribution < -0.4 is 0 Å². The Bertz CT molecular complexity index is 1030. The number of carbonyl (C=O) groups excluding carboxylic acids is 1. The van der Waals surface area contributed by atoms with Crippen molar-refractivity contribution in [3.63, 3.8) is 0 Å². The summed E-state index contributed by atoms with van der Waals surface area (Å²) >= 11 is 0. The summed E-state index contributed by atoms with van der Waals surface area (Å²) in [4.78, 5) is 12.2. The van der Waals surface area contributed by atoms with Crippen molar-refractivity contribution in [3.05, 3.63) is 97.2 Å². The molecule has 55 heavy (non-hydrogen) atoms. The summed E-state index contributed by atoms with van der Waals surface area (Å²) in [5, 5.41) is 9.62. The normalized spacial score (nSPS) is 13.3. The van der Waals surface area contributed by atoms with Gasteiger partial charge < -0.3 is 14.6 Å². The van der Waals surface area contributed by atoms with Crippen LogP contribution in [0.2, 0.25) is 0 Å². The SMILES string of the molecule is CC/C=C\C/C=C\C/C=C\C/C=C\C/C=C\CCCCCCOCC(CO)OC(=O)CCCCCCCCCC/C=C\C/C=C\C/C=C\CCCCCCC. The third-order valence-electron chi connectivity index (χ3n) is 9.39. The number of allylic oxidation sites excluding steroid dienone is 16. The maximum atomic E-state index is 12.2. The van der Waals surface area contributed by atoms with E-state index in [-0.39, 0.29) is 19.2 Å². The molecular formula is C51H86O4. The number of rotatable bonds is 41. The highest BCUT2D eigenvalue weighted by atomic mass is 16.6. The zero-order valence-corrected chi connectivity index (χ0v) is 35.9. The lowest BCUT2D eigenvalue weighted by molar-refractivity contribution is -0.154. The van der Waals surface area contributed by atoms with Crippen LogP contribution in [0.1, 0.15) is 194 Å². The summed E-state index contributed by atoms with van der Waals surface area (Å²) in [5.41, 5.74) is 0. The van der Waals surface area contributed by atoms with Gasteiger partial charge in [-0.3, -0.25) is 4.79 Å². The van der Waals surface area contributed by atoms with Crippen molar-refractivity contribution >= 4 is 5.97 Å². The molecule has 4 heteroatoms. The monoisotopic (exact) mass is 763 g/mol. The number of ether oxygens (including phenoxy) is 2. The second-order valence-corrected chi connectivity index (χ2v) is 14.7. The topological polar surface area (TPSA) is 55.8 Å². The largest absolute Gasteiger partial charge is 0.457 e. The molecular weight excluding hydrogens is 677 g/mol. The molecule has 0 amide bonds. The Morgan fingerprint density at radius 2 is 0.818 bits per heavy atom. The molecule has 0 radical (unpaired) electrons. The summed E-state index contributed by atoms with van der Waals surface area (Å²) in [6.45, 7) is 5.15. The molecule has 1 N–H and O–H groups in total. The van der Waals surface area contributed by atoms with Crippen molar-refractivity contribution < 1.29 is 19.4 Å². The Kier molecular flexibility index (Phi) is 45.1. The maximum absolute atomic E-state index is 12.2. The van der Waals surface area contributed by atoms with E-state index in [9.17, 15) is 9.90 Å². The van der Waals surface area contributed by atoms with Crippen LogP contribution in [0.3, 0.4) is 0 Å². The maximum Gasteiger partial charge on any atom is 0.306 e. The third kappa shape index (κ3) is 45.6. The lowest BCUT2D eigenvalue weighted by Gasteiger charge is -2.15. The molecule has 0 saturated carbocycles. The van der Waals surface area contributed by atoms with E-state index in [1.807, 2.05) is 0 Å². The Balaban J connectivity index is 3.54. The van der Waals surface area contributed by atoms with E-state index in [4.69, 9.17) is 9.47 Å². The van der Waals surface area contributed by atoms with Gasteiger partial charge in [0.2, 0.25) is 0 Å². The van der Waals surface area contributed by atoms with Gasteiger partial charge in [-0.1, -0.05) is 188 Å². The smallest absolute Gasteiger partial charge is 0.306 e. The van der Waals surface area contributed by atoms with Crippen molar-refractivity contribution in [3.8, 4) is 0 Å². The lowest BCUT2D eigenvalue weighted by Crippen LogP contribution is -2.27. The molecule has 1 atom stereocenters. The molecule has 0 spiro atoms. The number of aliphatic hydroxyl groups excluding tert-OH is 1. The highest BCUT2D eigenvalue weighted by Gasteiger charge is 2.13. The summed E-state index contributed by atoms with van der Waals surface area (Å²) in [6.07, 6.45) is 67.6. The first-order valence-corrected chi connectivity index (χ1v) is 22.8. The van der Waals surface area contributed by atoms with Crippen LogP contribution in [0.4, 0.5) is 0 Å². The van der Waals surface area contributed by atoms with Gasteiger partial charge in [0.25, 0.3) is 0 Å². The molecule has 0 fully saturated rings.